The monoisotopic (exact) mass is 276 g/mol. The highest BCUT2D eigenvalue weighted by atomic mass is 16.1. The number of nitrogens with two attached hydrogens (primary N) is 1. The number of nitrogens with zero attached hydrogens (tertiary/aromatic N) is 2. The predicted octanol–water partition coefficient (Wildman–Crippen LogP) is 1.85. The van der Waals surface area contributed by atoms with Gasteiger partial charge < -0.3 is 16.0 Å². The summed E-state index contributed by atoms with van der Waals surface area (Å²) in [5.41, 5.74) is 6.39. The number of hydrogen-bond donors (Lipinski definition) is 2. The average molecular weight is 276 g/mol. The van der Waals surface area contributed by atoms with Gasteiger partial charge in [-0.1, -0.05) is 13.8 Å². The quantitative estimate of drug-likeness (QED) is 0.861. The molecule has 0 radical (unpaired) electrons. The molecule has 2 heterocycles. The van der Waals surface area contributed by atoms with E-state index >= 15 is 0 Å². The fourth-order valence-corrected chi connectivity index (χ4v) is 2.51. The van der Waals surface area contributed by atoms with Crippen molar-refractivity contribution in [1.82, 2.24) is 4.98 Å². The second kappa shape index (κ2) is 6.70. The molecular weight excluding hydrogens is 252 g/mol. The molecule has 0 aromatic carbocycles. The topological polar surface area (TPSA) is 71.2 Å². The SMILES string of the molecule is CC(C)C(CN)C(=O)Nc1ccc(N2CCCC2)nc1. The molecule has 1 aromatic rings. The molecule has 5 heteroatoms. The van der Waals surface area contributed by atoms with Crippen molar-refractivity contribution in [2.24, 2.45) is 17.6 Å². The fraction of sp³-hybridized carbons (Fsp3) is 0.600. The highest BCUT2D eigenvalue weighted by Gasteiger charge is 2.20. The van der Waals surface area contributed by atoms with E-state index in [2.05, 4.69) is 15.2 Å². The molecule has 1 atom stereocenters. The number of aromatic nitrogens is 1. The zero-order valence-corrected chi connectivity index (χ0v) is 12.3. The fourth-order valence-electron chi connectivity index (χ4n) is 2.51. The number of carbonyl (C=O) groups is 1. The van der Waals surface area contributed by atoms with Crippen molar-refractivity contribution in [1.29, 1.82) is 0 Å². The number of pyridine rings is 1. The smallest absolute Gasteiger partial charge is 0.229 e. The van der Waals surface area contributed by atoms with E-state index in [1.165, 1.54) is 12.8 Å². The number of nitrogens with one attached hydrogen (secondary N) is 1. The molecular formula is C15H24N4O. The highest BCUT2D eigenvalue weighted by molar-refractivity contribution is 5.92. The molecule has 0 saturated carbocycles. The van der Waals surface area contributed by atoms with Gasteiger partial charge in [0.05, 0.1) is 17.8 Å². The van der Waals surface area contributed by atoms with Gasteiger partial charge in [-0.15, -0.1) is 0 Å². The van der Waals surface area contributed by atoms with E-state index in [4.69, 9.17) is 5.73 Å². The third kappa shape index (κ3) is 3.48. The van der Waals surface area contributed by atoms with Gasteiger partial charge in [-0.2, -0.15) is 0 Å². The maximum Gasteiger partial charge on any atom is 0.229 e. The first-order valence-corrected chi connectivity index (χ1v) is 7.33. The number of anilines is 2. The molecule has 1 fully saturated rings. The summed E-state index contributed by atoms with van der Waals surface area (Å²) in [6, 6.07) is 3.88. The van der Waals surface area contributed by atoms with Gasteiger partial charge in [-0.25, -0.2) is 4.98 Å². The molecule has 2 rings (SSSR count). The Hall–Kier alpha value is -1.62. The average Bonchev–Trinajstić information content (AvgIpc) is 2.94. The maximum absolute atomic E-state index is 12.1. The van der Waals surface area contributed by atoms with Crippen LogP contribution >= 0.6 is 0 Å². The van der Waals surface area contributed by atoms with E-state index in [1.807, 2.05) is 26.0 Å². The second-order valence-corrected chi connectivity index (χ2v) is 5.67. The van der Waals surface area contributed by atoms with E-state index in [0.717, 1.165) is 24.6 Å². The van der Waals surface area contributed by atoms with Crippen molar-refractivity contribution in [3.05, 3.63) is 18.3 Å². The van der Waals surface area contributed by atoms with Gasteiger partial charge in [-0.3, -0.25) is 4.79 Å². The number of carbonyl (C=O) groups excluding carboxylic acids is 1. The Kier molecular flexibility index (Phi) is 4.95. The van der Waals surface area contributed by atoms with Crippen molar-refractivity contribution < 1.29 is 4.79 Å². The van der Waals surface area contributed by atoms with E-state index in [9.17, 15) is 4.79 Å². The van der Waals surface area contributed by atoms with Crippen LogP contribution < -0.4 is 16.0 Å². The van der Waals surface area contributed by atoms with Crippen LogP contribution in [0.15, 0.2) is 18.3 Å². The van der Waals surface area contributed by atoms with Crippen LogP contribution in [0.5, 0.6) is 0 Å². The predicted molar refractivity (Wildman–Crippen MR) is 81.7 cm³/mol. The van der Waals surface area contributed by atoms with Crippen molar-refractivity contribution in [3.63, 3.8) is 0 Å². The van der Waals surface area contributed by atoms with E-state index in [0.29, 0.717) is 6.54 Å². The lowest BCUT2D eigenvalue weighted by atomic mass is 9.95. The molecule has 20 heavy (non-hydrogen) atoms. The normalized spacial score (nSPS) is 16.5. The van der Waals surface area contributed by atoms with E-state index < -0.39 is 0 Å². The van der Waals surface area contributed by atoms with Crippen LogP contribution in [0.3, 0.4) is 0 Å². The van der Waals surface area contributed by atoms with E-state index in [-0.39, 0.29) is 17.7 Å². The molecule has 110 valence electrons. The summed E-state index contributed by atoms with van der Waals surface area (Å²) in [5, 5.41) is 2.89. The highest BCUT2D eigenvalue weighted by Crippen LogP contribution is 2.20. The zero-order chi connectivity index (χ0) is 14.5. The molecule has 3 N–H and O–H groups in total. The summed E-state index contributed by atoms with van der Waals surface area (Å²) in [5.74, 6) is 1.03. The van der Waals surface area contributed by atoms with Gasteiger partial charge in [-0.05, 0) is 30.9 Å². The van der Waals surface area contributed by atoms with Crippen molar-refractivity contribution in [2.45, 2.75) is 26.7 Å². The van der Waals surface area contributed by atoms with Crippen LogP contribution in [0.25, 0.3) is 0 Å². The Balaban J connectivity index is 1.97. The minimum absolute atomic E-state index is 0.0294. The number of amides is 1. The first-order valence-electron chi connectivity index (χ1n) is 7.33. The molecule has 0 bridgehead atoms. The summed E-state index contributed by atoms with van der Waals surface area (Å²) in [4.78, 5) is 18.8. The molecule has 1 saturated heterocycles. The van der Waals surface area contributed by atoms with Gasteiger partial charge in [0, 0.05) is 19.6 Å². The molecule has 0 spiro atoms. The lowest BCUT2D eigenvalue weighted by Crippen LogP contribution is -2.33. The van der Waals surface area contributed by atoms with Crippen molar-refractivity contribution in [2.75, 3.05) is 29.9 Å². The van der Waals surface area contributed by atoms with Crippen LogP contribution in [-0.4, -0.2) is 30.5 Å². The standard InChI is InChI=1S/C15H24N4O/c1-11(2)13(9-16)15(20)18-12-5-6-14(17-10-12)19-7-3-4-8-19/h5-6,10-11,13H,3-4,7-9,16H2,1-2H3,(H,18,20). The lowest BCUT2D eigenvalue weighted by Gasteiger charge is -2.19. The first kappa shape index (κ1) is 14.8. The van der Waals surface area contributed by atoms with E-state index in [1.54, 1.807) is 6.20 Å². The van der Waals surface area contributed by atoms with Gasteiger partial charge in [0.25, 0.3) is 0 Å². The summed E-state index contributed by atoms with van der Waals surface area (Å²) in [7, 11) is 0. The molecule has 1 aliphatic heterocycles. The Morgan fingerprint density at radius 2 is 2.10 bits per heavy atom. The van der Waals surface area contributed by atoms with Gasteiger partial charge in [0.2, 0.25) is 5.91 Å². The largest absolute Gasteiger partial charge is 0.357 e. The molecule has 1 amide bonds. The van der Waals surface area contributed by atoms with Crippen LogP contribution in [0.2, 0.25) is 0 Å². The summed E-state index contributed by atoms with van der Waals surface area (Å²) in [6.45, 7) is 6.52. The summed E-state index contributed by atoms with van der Waals surface area (Å²) < 4.78 is 0. The Morgan fingerprint density at radius 1 is 1.40 bits per heavy atom. The van der Waals surface area contributed by atoms with Crippen LogP contribution in [-0.2, 0) is 4.79 Å². The Morgan fingerprint density at radius 3 is 2.60 bits per heavy atom. The third-order valence-corrected chi connectivity index (χ3v) is 3.84. The maximum atomic E-state index is 12.1. The first-order chi connectivity index (χ1) is 9.61. The third-order valence-electron chi connectivity index (χ3n) is 3.84. The molecule has 1 unspecified atom stereocenters. The van der Waals surface area contributed by atoms with Crippen molar-refractivity contribution in [3.8, 4) is 0 Å². The number of rotatable bonds is 5. The van der Waals surface area contributed by atoms with Crippen molar-refractivity contribution >= 4 is 17.4 Å². The van der Waals surface area contributed by atoms with Crippen LogP contribution in [0.1, 0.15) is 26.7 Å². The lowest BCUT2D eigenvalue weighted by molar-refractivity contribution is -0.120. The van der Waals surface area contributed by atoms with Gasteiger partial charge in [0.1, 0.15) is 5.82 Å². The zero-order valence-electron chi connectivity index (χ0n) is 12.3. The summed E-state index contributed by atoms with van der Waals surface area (Å²) in [6.07, 6.45) is 4.18. The molecule has 1 aliphatic rings. The summed E-state index contributed by atoms with van der Waals surface area (Å²) >= 11 is 0. The number of hydrogen-bond acceptors (Lipinski definition) is 4. The van der Waals surface area contributed by atoms with Gasteiger partial charge >= 0.3 is 0 Å². The van der Waals surface area contributed by atoms with Crippen LogP contribution in [0.4, 0.5) is 11.5 Å². The molecule has 5 nitrogen and oxygen atoms in total. The Labute approximate surface area is 120 Å². The minimum Gasteiger partial charge on any atom is -0.357 e. The Bertz CT molecular complexity index is 438. The minimum atomic E-state index is -0.159. The molecule has 1 aromatic heterocycles. The molecule has 0 aliphatic carbocycles. The second-order valence-electron chi connectivity index (χ2n) is 5.67. The van der Waals surface area contributed by atoms with Gasteiger partial charge in [0.15, 0.2) is 0 Å². The van der Waals surface area contributed by atoms with Crippen LogP contribution in [0, 0.1) is 11.8 Å².